The molecular weight excluding hydrogens is 401 g/mol. The average Bonchev–Trinajstić information content (AvgIpc) is 2.66. The van der Waals surface area contributed by atoms with Gasteiger partial charge in [-0.05, 0) is 45.8 Å². The average molecular weight is 414 g/mol. The van der Waals surface area contributed by atoms with Crippen LogP contribution in [0, 0.1) is 17.1 Å². The van der Waals surface area contributed by atoms with Crippen molar-refractivity contribution in [2.24, 2.45) is 0 Å². The Balaban J connectivity index is 1.79. The molecule has 0 saturated heterocycles. The maximum Gasteiger partial charge on any atom is 0.268 e. The fourth-order valence-electron chi connectivity index (χ4n) is 2.39. The largest absolute Gasteiger partial charge is 0.487 e. The minimum Gasteiger partial charge on any atom is -0.487 e. The molecule has 3 aromatic rings. The van der Waals surface area contributed by atoms with Crippen molar-refractivity contribution in [1.82, 2.24) is 9.55 Å². The molecule has 1 aromatic carbocycles. The molecule has 0 aliphatic carbocycles. The lowest BCUT2D eigenvalue weighted by Gasteiger charge is -2.12. The Labute approximate surface area is 157 Å². The van der Waals surface area contributed by atoms with E-state index in [1.54, 1.807) is 24.7 Å². The number of benzene rings is 1. The molecule has 2 aromatic heterocycles. The Kier molecular flexibility index (Phi) is 5.44. The van der Waals surface area contributed by atoms with E-state index >= 15 is 0 Å². The number of rotatable bonds is 5. The summed E-state index contributed by atoms with van der Waals surface area (Å²) in [4.78, 5) is 16.5. The van der Waals surface area contributed by atoms with Gasteiger partial charge >= 0.3 is 0 Å². The zero-order valence-electron chi connectivity index (χ0n) is 13.5. The second-order valence-corrected chi connectivity index (χ2v) is 6.28. The maximum atomic E-state index is 13.2. The zero-order valence-corrected chi connectivity index (χ0v) is 15.1. The topological polar surface area (TPSA) is 67.9 Å². The van der Waals surface area contributed by atoms with Gasteiger partial charge in [0.2, 0.25) is 0 Å². The van der Waals surface area contributed by atoms with E-state index in [0.717, 1.165) is 11.6 Å². The molecule has 0 atom stereocenters. The number of halogens is 2. The minimum absolute atomic E-state index is 0.0494. The summed E-state index contributed by atoms with van der Waals surface area (Å²) in [6.45, 7) is 0.440. The van der Waals surface area contributed by atoms with E-state index in [9.17, 15) is 9.18 Å². The van der Waals surface area contributed by atoms with E-state index in [-0.39, 0.29) is 22.2 Å². The lowest BCUT2D eigenvalue weighted by molar-refractivity contribution is 0.302. The molecule has 0 saturated carbocycles. The SMILES string of the molecule is N#Cc1cc(F)ccc1COc1ccn(Cc2cccnc2)c(=O)c1Br. The predicted octanol–water partition coefficient (Wildman–Crippen LogP) is 3.64. The van der Waals surface area contributed by atoms with Crippen molar-refractivity contribution in [3.8, 4) is 11.8 Å². The van der Waals surface area contributed by atoms with E-state index in [0.29, 0.717) is 17.9 Å². The van der Waals surface area contributed by atoms with Crippen molar-refractivity contribution in [3.05, 3.63) is 92.3 Å². The molecule has 7 heteroatoms. The van der Waals surface area contributed by atoms with E-state index in [4.69, 9.17) is 10.00 Å². The molecule has 0 bridgehead atoms. The normalized spacial score (nSPS) is 10.3. The van der Waals surface area contributed by atoms with Gasteiger partial charge < -0.3 is 9.30 Å². The van der Waals surface area contributed by atoms with E-state index in [1.807, 2.05) is 18.2 Å². The molecule has 5 nitrogen and oxygen atoms in total. The summed E-state index contributed by atoms with van der Waals surface area (Å²) in [5, 5.41) is 9.08. The molecule has 130 valence electrons. The van der Waals surface area contributed by atoms with Gasteiger partial charge in [0.1, 0.15) is 22.6 Å². The minimum atomic E-state index is -0.482. The number of hydrogen-bond donors (Lipinski definition) is 0. The van der Waals surface area contributed by atoms with Gasteiger partial charge in [0, 0.05) is 24.2 Å². The number of ether oxygens (including phenoxy) is 1. The summed E-state index contributed by atoms with van der Waals surface area (Å²) >= 11 is 3.27. The molecule has 0 unspecified atom stereocenters. The predicted molar refractivity (Wildman–Crippen MR) is 97.2 cm³/mol. The van der Waals surface area contributed by atoms with Gasteiger partial charge in [-0.3, -0.25) is 9.78 Å². The van der Waals surface area contributed by atoms with Gasteiger partial charge in [-0.25, -0.2) is 4.39 Å². The van der Waals surface area contributed by atoms with Crippen molar-refractivity contribution in [2.75, 3.05) is 0 Å². The van der Waals surface area contributed by atoms with Gasteiger partial charge in [-0.15, -0.1) is 0 Å². The van der Waals surface area contributed by atoms with Crippen LogP contribution in [-0.2, 0) is 13.2 Å². The highest BCUT2D eigenvalue weighted by molar-refractivity contribution is 9.10. The monoisotopic (exact) mass is 413 g/mol. The second kappa shape index (κ2) is 7.93. The molecule has 0 radical (unpaired) electrons. The third-order valence-electron chi connectivity index (χ3n) is 3.72. The van der Waals surface area contributed by atoms with Crippen LogP contribution in [0.15, 0.2) is 64.3 Å². The molecule has 0 spiro atoms. The highest BCUT2D eigenvalue weighted by atomic mass is 79.9. The first-order valence-corrected chi connectivity index (χ1v) is 8.47. The van der Waals surface area contributed by atoms with Crippen LogP contribution in [0.1, 0.15) is 16.7 Å². The fourth-order valence-corrected chi connectivity index (χ4v) is 2.86. The van der Waals surface area contributed by atoms with Gasteiger partial charge in [0.05, 0.1) is 18.2 Å². The number of pyridine rings is 2. The van der Waals surface area contributed by atoms with Crippen molar-refractivity contribution < 1.29 is 9.13 Å². The number of aromatic nitrogens is 2. The van der Waals surface area contributed by atoms with Gasteiger partial charge in [0.15, 0.2) is 0 Å². The molecule has 0 aliphatic rings. The van der Waals surface area contributed by atoms with E-state index in [1.165, 1.54) is 16.7 Å². The van der Waals surface area contributed by atoms with Crippen LogP contribution in [0.3, 0.4) is 0 Å². The molecule has 0 N–H and O–H groups in total. The third-order valence-corrected chi connectivity index (χ3v) is 4.45. The lowest BCUT2D eigenvalue weighted by Crippen LogP contribution is -2.21. The van der Waals surface area contributed by atoms with E-state index < -0.39 is 5.82 Å². The van der Waals surface area contributed by atoms with Crippen LogP contribution >= 0.6 is 15.9 Å². The van der Waals surface area contributed by atoms with Crippen LogP contribution in [0.5, 0.6) is 5.75 Å². The summed E-state index contributed by atoms with van der Waals surface area (Å²) in [5.41, 5.74) is 1.40. The van der Waals surface area contributed by atoms with E-state index in [2.05, 4.69) is 20.9 Å². The van der Waals surface area contributed by atoms with Crippen molar-refractivity contribution in [2.45, 2.75) is 13.2 Å². The maximum absolute atomic E-state index is 13.2. The molecule has 26 heavy (non-hydrogen) atoms. The molecule has 0 fully saturated rings. The lowest BCUT2D eigenvalue weighted by atomic mass is 10.1. The summed E-state index contributed by atoms with van der Waals surface area (Å²) in [6, 6.07) is 11.2. The first kappa shape index (κ1) is 17.8. The Morgan fingerprint density at radius 2 is 2.15 bits per heavy atom. The fraction of sp³-hybridized carbons (Fsp3) is 0.105. The summed E-state index contributed by atoms with van der Waals surface area (Å²) < 4.78 is 20.7. The Bertz CT molecular complexity index is 1030. The smallest absolute Gasteiger partial charge is 0.268 e. The highest BCUT2D eigenvalue weighted by Crippen LogP contribution is 2.22. The molecule has 0 amide bonds. The van der Waals surface area contributed by atoms with Gasteiger partial charge in [-0.2, -0.15) is 5.26 Å². The van der Waals surface area contributed by atoms with Crippen LogP contribution in [0.4, 0.5) is 4.39 Å². The van der Waals surface area contributed by atoms with Gasteiger partial charge in [0.25, 0.3) is 5.56 Å². The van der Waals surface area contributed by atoms with Crippen LogP contribution in [0.2, 0.25) is 0 Å². The molecular formula is C19H13BrFN3O2. The number of nitriles is 1. The van der Waals surface area contributed by atoms with Crippen LogP contribution in [0.25, 0.3) is 0 Å². The van der Waals surface area contributed by atoms with Crippen molar-refractivity contribution in [3.63, 3.8) is 0 Å². The van der Waals surface area contributed by atoms with Gasteiger partial charge in [-0.1, -0.05) is 12.1 Å². The zero-order chi connectivity index (χ0) is 18.5. The van der Waals surface area contributed by atoms with Crippen LogP contribution < -0.4 is 10.3 Å². The second-order valence-electron chi connectivity index (χ2n) is 5.49. The first-order chi connectivity index (χ1) is 12.6. The summed E-state index contributed by atoms with van der Waals surface area (Å²) in [5.74, 6) is -0.130. The summed E-state index contributed by atoms with van der Waals surface area (Å²) in [6.07, 6.45) is 5.00. The molecule has 0 aliphatic heterocycles. The molecule has 3 rings (SSSR count). The van der Waals surface area contributed by atoms with Crippen LogP contribution in [-0.4, -0.2) is 9.55 Å². The Hall–Kier alpha value is -2.98. The quantitative estimate of drug-likeness (QED) is 0.640. The Morgan fingerprint density at radius 3 is 2.88 bits per heavy atom. The third kappa shape index (κ3) is 3.98. The number of nitrogens with zero attached hydrogens (tertiary/aromatic N) is 3. The first-order valence-electron chi connectivity index (χ1n) is 7.67. The molecule has 2 heterocycles. The summed E-state index contributed by atoms with van der Waals surface area (Å²) in [7, 11) is 0. The number of hydrogen-bond acceptors (Lipinski definition) is 4. The highest BCUT2D eigenvalue weighted by Gasteiger charge is 2.11. The van der Waals surface area contributed by atoms with Crippen molar-refractivity contribution in [1.29, 1.82) is 5.26 Å². The van der Waals surface area contributed by atoms with Crippen molar-refractivity contribution >= 4 is 15.9 Å². The standard InChI is InChI=1S/C19H13BrFN3O2/c20-18-17(26-12-14-3-4-16(21)8-15(14)9-22)5-7-24(19(18)25)11-13-2-1-6-23-10-13/h1-8,10H,11-12H2. The Morgan fingerprint density at radius 1 is 1.31 bits per heavy atom.